The molecule has 182 valence electrons. The third-order valence-corrected chi connectivity index (χ3v) is 6.65. The van der Waals surface area contributed by atoms with Crippen molar-refractivity contribution in [3.05, 3.63) is 29.8 Å². The maximum Gasteiger partial charge on any atom is 0.319 e. The highest BCUT2D eigenvalue weighted by Gasteiger charge is 2.49. The van der Waals surface area contributed by atoms with E-state index >= 15 is 0 Å². The summed E-state index contributed by atoms with van der Waals surface area (Å²) >= 11 is 0. The highest BCUT2D eigenvalue weighted by atomic mass is 16.5. The van der Waals surface area contributed by atoms with Gasteiger partial charge in [0.1, 0.15) is 11.4 Å². The first kappa shape index (κ1) is 22.8. The summed E-state index contributed by atoms with van der Waals surface area (Å²) < 4.78 is 12.0. The van der Waals surface area contributed by atoms with Gasteiger partial charge in [0, 0.05) is 24.3 Å². The number of anilines is 2. The fourth-order valence-electron chi connectivity index (χ4n) is 4.42. The first-order valence-electron chi connectivity index (χ1n) is 11.8. The van der Waals surface area contributed by atoms with E-state index in [0.29, 0.717) is 30.6 Å². The van der Waals surface area contributed by atoms with E-state index in [1.165, 1.54) is 0 Å². The fourth-order valence-corrected chi connectivity index (χ4v) is 4.42. The molecule has 10 heteroatoms. The van der Waals surface area contributed by atoms with Crippen LogP contribution in [0.15, 0.2) is 24.3 Å². The lowest BCUT2D eigenvalue weighted by Crippen LogP contribution is -2.45. The molecule has 1 saturated heterocycles. The van der Waals surface area contributed by atoms with Gasteiger partial charge in [-0.3, -0.25) is 0 Å². The van der Waals surface area contributed by atoms with Crippen molar-refractivity contribution in [3.63, 3.8) is 0 Å². The molecule has 4 N–H and O–H groups in total. The molecule has 0 bridgehead atoms. The Kier molecular flexibility index (Phi) is 6.28. The molecule has 2 amide bonds. The predicted octanol–water partition coefficient (Wildman–Crippen LogP) is 1.70. The Morgan fingerprint density at radius 1 is 1.26 bits per heavy atom. The Morgan fingerprint density at radius 3 is 2.76 bits per heavy atom. The smallest absolute Gasteiger partial charge is 0.319 e. The fraction of sp³-hybridized carbons (Fsp3) is 0.542. The summed E-state index contributed by atoms with van der Waals surface area (Å²) in [6.07, 6.45) is 3.08. The van der Waals surface area contributed by atoms with Crippen LogP contribution in [0, 0.1) is 0 Å². The van der Waals surface area contributed by atoms with Gasteiger partial charge in [0.25, 0.3) is 0 Å². The number of nitrogens with zero attached hydrogens (tertiary/aromatic N) is 3. The van der Waals surface area contributed by atoms with E-state index in [2.05, 4.69) is 22.5 Å². The average Bonchev–Trinajstić information content (AvgIpc) is 3.60. The van der Waals surface area contributed by atoms with Crippen LogP contribution in [0.25, 0.3) is 11.4 Å². The Labute approximate surface area is 198 Å². The molecule has 5 rings (SSSR count). The zero-order valence-corrected chi connectivity index (χ0v) is 19.3. The molecule has 1 spiro atoms. The summed E-state index contributed by atoms with van der Waals surface area (Å²) in [6.45, 7) is 3.81. The van der Waals surface area contributed by atoms with Crippen LogP contribution in [0.5, 0.6) is 5.88 Å². The van der Waals surface area contributed by atoms with Crippen LogP contribution in [0.2, 0.25) is 0 Å². The monoisotopic (exact) mass is 469 g/mol. The van der Waals surface area contributed by atoms with E-state index in [-0.39, 0.29) is 18.2 Å². The Balaban J connectivity index is 1.39. The minimum absolute atomic E-state index is 0.0341. The van der Waals surface area contributed by atoms with Crippen LogP contribution in [0.1, 0.15) is 31.7 Å². The first-order chi connectivity index (χ1) is 16.5. The summed E-state index contributed by atoms with van der Waals surface area (Å²) in [4.78, 5) is 24.1. The summed E-state index contributed by atoms with van der Waals surface area (Å²) in [7, 11) is 0. The van der Waals surface area contributed by atoms with Gasteiger partial charge < -0.3 is 35.2 Å². The highest BCUT2D eigenvalue weighted by molar-refractivity contribution is 5.89. The number of carbonyl (C=O) groups excluding carboxylic acids is 1. The maximum atomic E-state index is 12.0. The largest absolute Gasteiger partial charge is 0.471 e. The number of aliphatic hydroxyl groups excluding tert-OH is 2. The first-order valence-corrected chi connectivity index (χ1v) is 11.8. The third kappa shape index (κ3) is 4.79. The number of aliphatic hydroxyl groups is 2. The molecule has 10 nitrogen and oxygen atoms in total. The summed E-state index contributed by atoms with van der Waals surface area (Å²) in [5.41, 5.74) is 2.45. The van der Waals surface area contributed by atoms with Gasteiger partial charge in [-0.15, -0.1) is 0 Å². The quantitative estimate of drug-likeness (QED) is 0.503. The number of morpholine rings is 1. The van der Waals surface area contributed by atoms with E-state index in [9.17, 15) is 9.90 Å². The van der Waals surface area contributed by atoms with Gasteiger partial charge in [-0.25, -0.2) is 9.78 Å². The van der Waals surface area contributed by atoms with Crippen molar-refractivity contribution in [2.24, 2.45) is 0 Å². The lowest BCUT2D eigenvalue weighted by atomic mass is 10.0. The second-order valence-electron chi connectivity index (χ2n) is 9.31. The average molecular weight is 470 g/mol. The van der Waals surface area contributed by atoms with Gasteiger partial charge >= 0.3 is 6.03 Å². The molecular weight excluding hydrogens is 438 g/mol. The molecule has 1 saturated carbocycles. The normalized spacial score (nSPS) is 21.4. The molecule has 1 aromatic heterocycles. The van der Waals surface area contributed by atoms with E-state index < -0.39 is 18.7 Å². The second kappa shape index (κ2) is 9.36. The number of fused-ring (bicyclic) bond motifs is 1. The van der Waals surface area contributed by atoms with Gasteiger partial charge in [0.05, 0.1) is 37.5 Å². The lowest BCUT2D eigenvalue weighted by molar-refractivity contribution is 0.0965. The van der Waals surface area contributed by atoms with Gasteiger partial charge in [-0.2, -0.15) is 4.98 Å². The number of carbonyl (C=O) groups is 1. The number of aromatic nitrogens is 2. The number of urea groups is 1. The topological polar surface area (TPSA) is 129 Å². The molecule has 2 atom stereocenters. The Morgan fingerprint density at radius 2 is 2.06 bits per heavy atom. The molecule has 34 heavy (non-hydrogen) atoms. The van der Waals surface area contributed by atoms with Crippen molar-refractivity contribution in [2.75, 3.05) is 43.1 Å². The minimum Gasteiger partial charge on any atom is -0.471 e. The molecule has 0 unspecified atom stereocenters. The van der Waals surface area contributed by atoms with Crippen molar-refractivity contribution >= 4 is 17.5 Å². The van der Waals surface area contributed by atoms with Crippen molar-refractivity contribution in [1.82, 2.24) is 15.3 Å². The molecule has 3 aliphatic rings. The number of benzene rings is 1. The number of hydrogen-bond donors (Lipinski definition) is 4. The van der Waals surface area contributed by atoms with Gasteiger partial charge in [0.2, 0.25) is 5.88 Å². The molecule has 2 fully saturated rings. The number of hydrogen-bond acceptors (Lipinski definition) is 8. The number of nitrogens with one attached hydrogen (secondary N) is 2. The maximum absolute atomic E-state index is 12.0. The van der Waals surface area contributed by atoms with Gasteiger partial charge in [-0.05, 0) is 56.9 Å². The van der Waals surface area contributed by atoms with E-state index in [0.717, 1.165) is 49.2 Å². The number of rotatable bonds is 6. The SMILES string of the molecule is C[C@H]1COCCN1c1nc(-c2ccc(NC(=O)NC[C@@H](O)CO)cc2)nc2c1CCC1(CC1)O2. The van der Waals surface area contributed by atoms with Crippen LogP contribution in [0.3, 0.4) is 0 Å². The molecule has 0 radical (unpaired) electrons. The minimum atomic E-state index is -0.991. The van der Waals surface area contributed by atoms with Crippen LogP contribution < -0.4 is 20.3 Å². The lowest BCUT2D eigenvalue weighted by Gasteiger charge is -2.37. The van der Waals surface area contributed by atoms with Crippen LogP contribution in [-0.4, -0.2) is 76.9 Å². The van der Waals surface area contributed by atoms with E-state index in [1.807, 2.05) is 12.1 Å². The Hall–Kier alpha value is -2.95. The van der Waals surface area contributed by atoms with Crippen molar-refractivity contribution in [2.45, 2.75) is 50.4 Å². The van der Waals surface area contributed by atoms with E-state index in [1.54, 1.807) is 12.1 Å². The molecule has 3 heterocycles. The van der Waals surface area contributed by atoms with Crippen LogP contribution in [-0.2, 0) is 11.2 Å². The van der Waals surface area contributed by atoms with Gasteiger partial charge in [-0.1, -0.05) is 0 Å². The van der Waals surface area contributed by atoms with Crippen molar-refractivity contribution in [3.8, 4) is 17.3 Å². The van der Waals surface area contributed by atoms with Crippen molar-refractivity contribution < 1.29 is 24.5 Å². The summed E-state index contributed by atoms with van der Waals surface area (Å²) in [6, 6.07) is 7.04. The molecular formula is C24H31N5O5. The van der Waals surface area contributed by atoms with Crippen LogP contribution >= 0.6 is 0 Å². The van der Waals surface area contributed by atoms with Crippen molar-refractivity contribution in [1.29, 1.82) is 0 Å². The zero-order chi connectivity index (χ0) is 23.7. The Bertz CT molecular complexity index is 1040. The number of ether oxygens (including phenoxy) is 2. The number of amides is 2. The van der Waals surface area contributed by atoms with E-state index in [4.69, 9.17) is 24.5 Å². The summed E-state index contributed by atoms with van der Waals surface area (Å²) in [5.74, 6) is 2.20. The molecule has 1 aromatic carbocycles. The molecule has 2 aliphatic heterocycles. The summed E-state index contributed by atoms with van der Waals surface area (Å²) in [5, 5.41) is 23.4. The molecule has 1 aliphatic carbocycles. The highest BCUT2D eigenvalue weighted by Crippen LogP contribution is 2.49. The standard InChI is InChI=1S/C24H31N5O5/c1-15-14-33-11-10-29(15)21-19-6-7-24(8-9-24)34-22(19)28-20(27-21)16-2-4-17(5-3-16)26-23(32)25-12-18(31)13-30/h2-5,15,18,30-31H,6-14H2,1H3,(H2,25,26,32)/t15-,18+/m0/s1. The third-order valence-electron chi connectivity index (χ3n) is 6.65. The zero-order valence-electron chi connectivity index (χ0n) is 19.3. The predicted molar refractivity (Wildman–Crippen MR) is 126 cm³/mol. The van der Waals surface area contributed by atoms with Crippen LogP contribution in [0.4, 0.5) is 16.3 Å². The molecule has 2 aromatic rings. The second-order valence-corrected chi connectivity index (χ2v) is 9.31. The van der Waals surface area contributed by atoms with Gasteiger partial charge in [0.15, 0.2) is 5.82 Å².